The Morgan fingerprint density at radius 2 is 1.68 bits per heavy atom. The molecule has 198 valence electrons. The molecular formula is C27H35N5O5. The fraction of sp³-hybridized carbons (Fsp3) is 0.407. The van der Waals surface area contributed by atoms with Crippen molar-refractivity contribution in [3.05, 3.63) is 65.7 Å². The summed E-state index contributed by atoms with van der Waals surface area (Å²) in [5.74, 6) is -1.48. The van der Waals surface area contributed by atoms with E-state index in [1.807, 2.05) is 30.3 Å². The summed E-state index contributed by atoms with van der Waals surface area (Å²) in [6.07, 6.45) is 2.13. The van der Waals surface area contributed by atoms with Crippen molar-refractivity contribution in [3.63, 3.8) is 0 Å². The molecule has 1 heterocycles. The summed E-state index contributed by atoms with van der Waals surface area (Å²) in [7, 11) is 0. The Bertz CT molecular complexity index is 1060. The highest BCUT2D eigenvalue weighted by Crippen LogP contribution is 2.12. The molecule has 3 atom stereocenters. The van der Waals surface area contributed by atoms with Crippen molar-refractivity contribution in [2.24, 2.45) is 5.73 Å². The maximum atomic E-state index is 13.3. The summed E-state index contributed by atoms with van der Waals surface area (Å²) in [6.45, 7) is 0.563. The third-order valence-corrected chi connectivity index (χ3v) is 6.17. The van der Waals surface area contributed by atoms with E-state index >= 15 is 0 Å². The first-order valence-corrected chi connectivity index (χ1v) is 12.5. The average molecular weight is 510 g/mol. The maximum Gasteiger partial charge on any atom is 0.243 e. The molecule has 37 heavy (non-hydrogen) atoms. The third kappa shape index (κ3) is 9.23. The molecule has 0 aromatic heterocycles. The highest BCUT2D eigenvalue weighted by molar-refractivity contribution is 5.93. The van der Waals surface area contributed by atoms with E-state index in [0.29, 0.717) is 32.2 Å². The predicted molar refractivity (Wildman–Crippen MR) is 138 cm³/mol. The van der Waals surface area contributed by atoms with Crippen LogP contribution in [0.2, 0.25) is 0 Å². The molecule has 1 fully saturated rings. The van der Waals surface area contributed by atoms with Gasteiger partial charge in [0.1, 0.15) is 17.8 Å². The molecule has 10 heteroatoms. The molecule has 0 bridgehead atoms. The van der Waals surface area contributed by atoms with Gasteiger partial charge in [0.05, 0.1) is 6.04 Å². The molecule has 2 aromatic rings. The van der Waals surface area contributed by atoms with Gasteiger partial charge in [0.25, 0.3) is 0 Å². The number of hydrogen-bond acceptors (Lipinski definition) is 6. The molecule has 1 aliphatic heterocycles. The Kier molecular flexibility index (Phi) is 10.5. The Balaban J connectivity index is 1.73. The number of hydrogen-bond donors (Lipinski definition) is 6. The number of aromatic hydroxyl groups is 1. The molecule has 0 aliphatic carbocycles. The lowest BCUT2D eigenvalue weighted by atomic mass is 10.0. The SMILES string of the molecule is N[C@@H](Cc1ccccc1)C(=O)NC1CCCCNC(=O)CCNC(=O)C(Cc2ccc(O)cc2)NC1=O. The fourth-order valence-electron chi connectivity index (χ4n) is 4.07. The molecule has 0 saturated carbocycles. The zero-order chi connectivity index (χ0) is 26.6. The topological polar surface area (TPSA) is 163 Å². The highest BCUT2D eigenvalue weighted by atomic mass is 16.3. The Morgan fingerprint density at radius 3 is 2.41 bits per heavy atom. The van der Waals surface area contributed by atoms with Crippen molar-refractivity contribution < 1.29 is 24.3 Å². The van der Waals surface area contributed by atoms with Crippen molar-refractivity contribution in [3.8, 4) is 5.75 Å². The molecule has 1 saturated heterocycles. The normalized spacial score (nSPS) is 20.5. The minimum atomic E-state index is -0.944. The van der Waals surface area contributed by atoms with E-state index in [1.54, 1.807) is 12.1 Å². The van der Waals surface area contributed by atoms with Crippen molar-refractivity contribution >= 4 is 23.6 Å². The first-order valence-electron chi connectivity index (χ1n) is 12.5. The monoisotopic (exact) mass is 509 g/mol. The second-order valence-corrected chi connectivity index (χ2v) is 9.18. The second kappa shape index (κ2) is 14.0. The van der Waals surface area contributed by atoms with Gasteiger partial charge < -0.3 is 32.1 Å². The van der Waals surface area contributed by atoms with E-state index in [1.165, 1.54) is 12.1 Å². The number of nitrogens with two attached hydrogens (primary N) is 1. The second-order valence-electron chi connectivity index (χ2n) is 9.18. The average Bonchev–Trinajstić information content (AvgIpc) is 2.88. The number of rotatable bonds is 6. The smallest absolute Gasteiger partial charge is 0.243 e. The van der Waals surface area contributed by atoms with Crippen LogP contribution in [-0.2, 0) is 32.0 Å². The molecule has 3 rings (SSSR count). The van der Waals surface area contributed by atoms with Crippen LogP contribution in [-0.4, -0.2) is 60.0 Å². The molecule has 0 spiro atoms. The van der Waals surface area contributed by atoms with E-state index in [-0.39, 0.29) is 31.0 Å². The summed E-state index contributed by atoms with van der Waals surface area (Å²) in [5.41, 5.74) is 7.75. The highest BCUT2D eigenvalue weighted by Gasteiger charge is 2.28. The largest absolute Gasteiger partial charge is 0.508 e. The molecule has 2 aromatic carbocycles. The summed E-state index contributed by atoms with van der Waals surface area (Å²) >= 11 is 0. The Morgan fingerprint density at radius 1 is 0.946 bits per heavy atom. The first kappa shape index (κ1) is 27.7. The summed E-state index contributed by atoms with van der Waals surface area (Å²) in [4.78, 5) is 51.1. The number of nitrogens with one attached hydrogen (secondary N) is 4. The zero-order valence-corrected chi connectivity index (χ0v) is 20.7. The van der Waals surface area contributed by atoms with Gasteiger partial charge in [0.2, 0.25) is 23.6 Å². The number of amides is 4. The van der Waals surface area contributed by atoms with Crippen molar-refractivity contribution in [1.29, 1.82) is 0 Å². The van der Waals surface area contributed by atoms with Gasteiger partial charge in [-0.15, -0.1) is 0 Å². The lowest BCUT2D eigenvalue weighted by Gasteiger charge is -2.25. The lowest BCUT2D eigenvalue weighted by molar-refractivity contribution is -0.132. The summed E-state index contributed by atoms with van der Waals surface area (Å²) in [5, 5.41) is 20.6. The van der Waals surface area contributed by atoms with Crippen LogP contribution in [0.25, 0.3) is 0 Å². The summed E-state index contributed by atoms with van der Waals surface area (Å²) < 4.78 is 0. The molecule has 0 radical (unpaired) electrons. The van der Waals surface area contributed by atoms with Crippen LogP contribution in [0, 0.1) is 0 Å². The maximum absolute atomic E-state index is 13.3. The van der Waals surface area contributed by atoms with Crippen molar-refractivity contribution in [2.45, 2.75) is 56.7 Å². The number of carbonyl (C=O) groups is 4. The molecule has 7 N–H and O–H groups in total. The van der Waals surface area contributed by atoms with Crippen LogP contribution in [0.5, 0.6) is 5.75 Å². The molecule has 2 unspecified atom stereocenters. The van der Waals surface area contributed by atoms with E-state index < -0.39 is 35.8 Å². The van der Waals surface area contributed by atoms with Crippen LogP contribution < -0.4 is 27.0 Å². The first-order chi connectivity index (χ1) is 17.8. The van der Waals surface area contributed by atoms with Gasteiger partial charge in [-0.25, -0.2) is 0 Å². The molecule has 4 amide bonds. The van der Waals surface area contributed by atoms with Crippen LogP contribution in [0.1, 0.15) is 36.8 Å². The number of phenols is 1. The van der Waals surface area contributed by atoms with Crippen molar-refractivity contribution in [1.82, 2.24) is 21.3 Å². The van der Waals surface area contributed by atoms with E-state index in [4.69, 9.17) is 5.73 Å². The van der Waals surface area contributed by atoms with Crippen molar-refractivity contribution in [2.75, 3.05) is 13.1 Å². The van der Waals surface area contributed by atoms with Gasteiger partial charge >= 0.3 is 0 Å². The molecule has 1 aliphatic rings. The van der Waals surface area contributed by atoms with Gasteiger partial charge in [-0.1, -0.05) is 42.5 Å². The van der Waals surface area contributed by atoms with Gasteiger partial charge in [-0.3, -0.25) is 19.2 Å². The quantitative estimate of drug-likeness (QED) is 0.328. The van der Waals surface area contributed by atoms with Gasteiger partial charge in [0.15, 0.2) is 0 Å². The number of carbonyl (C=O) groups excluding carboxylic acids is 4. The fourth-order valence-corrected chi connectivity index (χ4v) is 4.07. The van der Waals surface area contributed by atoms with Gasteiger partial charge in [0, 0.05) is 25.9 Å². The Hall–Kier alpha value is -3.92. The van der Waals surface area contributed by atoms with E-state index in [9.17, 15) is 24.3 Å². The lowest BCUT2D eigenvalue weighted by Crippen LogP contribution is -2.56. The molecular weight excluding hydrogens is 474 g/mol. The van der Waals surface area contributed by atoms with Crippen LogP contribution in [0.15, 0.2) is 54.6 Å². The minimum Gasteiger partial charge on any atom is -0.508 e. The van der Waals surface area contributed by atoms with E-state index in [0.717, 1.165) is 11.1 Å². The predicted octanol–water partition coefficient (Wildman–Crippen LogP) is 0.281. The van der Waals surface area contributed by atoms with Crippen LogP contribution in [0.3, 0.4) is 0 Å². The van der Waals surface area contributed by atoms with E-state index in [2.05, 4.69) is 21.3 Å². The zero-order valence-electron chi connectivity index (χ0n) is 20.7. The number of benzene rings is 2. The molecule has 10 nitrogen and oxygen atoms in total. The summed E-state index contributed by atoms with van der Waals surface area (Å²) in [6, 6.07) is 13.0. The van der Waals surface area contributed by atoms with Crippen LogP contribution in [0.4, 0.5) is 0 Å². The number of phenolic OH excluding ortho intramolecular Hbond substituents is 1. The minimum absolute atomic E-state index is 0.0869. The standard InChI is InChI=1S/C27H35N5O5/c28-21(16-18-6-2-1-3-7-18)25(35)31-22-8-4-5-14-29-24(34)13-15-30-26(36)23(32-27(22)37)17-19-9-11-20(33)12-10-19/h1-3,6-7,9-12,21-23,33H,4-5,8,13-17,28H2,(H,29,34)(H,30,36)(H,31,35)(H,32,37)/t21-,22?,23?/m0/s1. The third-order valence-electron chi connectivity index (χ3n) is 6.17. The van der Waals surface area contributed by atoms with Gasteiger partial charge in [-0.05, 0) is 48.9 Å². The van der Waals surface area contributed by atoms with Crippen LogP contribution >= 0.6 is 0 Å². The van der Waals surface area contributed by atoms with Gasteiger partial charge in [-0.2, -0.15) is 0 Å². The Labute approximate surface area is 216 Å².